The number of hydrogen-bond acceptors (Lipinski definition) is 4. The van der Waals surface area contributed by atoms with Crippen molar-refractivity contribution in [1.29, 1.82) is 0 Å². The van der Waals surface area contributed by atoms with Gasteiger partial charge >= 0.3 is 0 Å². The van der Waals surface area contributed by atoms with Crippen molar-refractivity contribution in [2.75, 3.05) is 16.6 Å². The summed E-state index contributed by atoms with van der Waals surface area (Å²) in [5, 5.41) is 3.28. The minimum absolute atomic E-state index is 0.0239. The van der Waals surface area contributed by atoms with Crippen LogP contribution in [0.1, 0.15) is 11.1 Å². The van der Waals surface area contributed by atoms with Crippen molar-refractivity contribution in [3.8, 4) is 5.75 Å². The molecule has 31 heavy (non-hydrogen) atoms. The number of hydrogen-bond donors (Lipinski definition) is 2. The van der Waals surface area contributed by atoms with Gasteiger partial charge in [-0.1, -0.05) is 47.0 Å². The second-order valence-electron chi connectivity index (χ2n) is 6.86. The van der Waals surface area contributed by atoms with Crippen molar-refractivity contribution in [2.45, 2.75) is 18.7 Å². The lowest BCUT2D eigenvalue weighted by Gasteiger charge is -2.12. The highest BCUT2D eigenvalue weighted by atomic mass is 35.5. The fourth-order valence-corrected chi connectivity index (χ4v) is 4.18. The van der Waals surface area contributed by atoms with E-state index in [1.54, 1.807) is 42.5 Å². The summed E-state index contributed by atoms with van der Waals surface area (Å²) in [6.45, 7) is 3.46. The fraction of sp³-hybridized carbons (Fsp3) is 0.136. The smallest absolute Gasteiger partial charge is 0.262 e. The maximum atomic E-state index is 12.6. The Morgan fingerprint density at radius 3 is 2.23 bits per heavy atom. The summed E-state index contributed by atoms with van der Waals surface area (Å²) in [6.07, 6.45) is 0. The average molecular weight is 479 g/mol. The first kappa shape index (κ1) is 22.9. The predicted molar refractivity (Wildman–Crippen MR) is 124 cm³/mol. The van der Waals surface area contributed by atoms with Gasteiger partial charge in [0.05, 0.1) is 9.92 Å². The Kier molecular flexibility index (Phi) is 7.10. The fourth-order valence-electron chi connectivity index (χ4n) is 2.61. The van der Waals surface area contributed by atoms with E-state index in [4.69, 9.17) is 27.9 Å². The second kappa shape index (κ2) is 9.60. The Labute approximate surface area is 191 Å². The summed E-state index contributed by atoms with van der Waals surface area (Å²) in [4.78, 5) is 12.1. The molecule has 3 aromatic carbocycles. The van der Waals surface area contributed by atoms with Gasteiger partial charge in [0.15, 0.2) is 6.61 Å². The van der Waals surface area contributed by atoms with E-state index >= 15 is 0 Å². The molecule has 0 radical (unpaired) electrons. The molecule has 1 amide bonds. The molecule has 162 valence electrons. The predicted octanol–water partition coefficient (Wildman–Crippen LogP) is 5.43. The zero-order valence-corrected chi connectivity index (χ0v) is 19.1. The van der Waals surface area contributed by atoms with Gasteiger partial charge in [0.2, 0.25) is 0 Å². The Balaban J connectivity index is 1.64. The van der Waals surface area contributed by atoms with Crippen molar-refractivity contribution in [3.63, 3.8) is 0 Å². The highest BCUT2D eigenvalue weighted by molar-refractivity contribution is 7.92. The molecule has 0 saturated heterocycles. The third-order valence-corrected chi connectivity index (χ3v) is 6.41. The van der Waals surface area contributed by atoms with Crippen LogP contribution in [0.3, 0.4) is 0 Å². The number of anilines is 2. The number of carbonyl (C=O) groups excluding carboxylic acids is 1. The van der Waals surface area contributed by atoms with Crippen LogP contribution in [0.5, 0.6) is 5.75 Å². The number of benzene rings is 3. The molecule has 6 nitrogen and oxygen atoms in total. The van der Waals surface area contributed by atoms with Gasteiger partial charge in [0.25, 0.3) is 15.9 Å². The normalized spacial score (nSPS) is 11.1. The first-order valence-corrected chi connectivity index (χ1v) is 11.5. The highest BCUT2D eigenvalue weighted by Gasteiger charge is 2.17. The van der Waals surface area contributed by atoms with E-state index < -0.39 is 15.9 Å². The first-order valence-electron chi connectivity index (χ1n) is 9.22. The molecule has 0 aromatic heterocycles. The van der Waals surface area contributed by atoms with Crippen LogP contribution in [0.25, 0.3) is 0 Å². The number of amides is 1. The van der Waals surface area contributed by atoms with Crippen LogP contribution in [0.15, 0.2) is 65.6 Å². The number of aryl methyl sites for hydroxylation is 2. The zero-order valence-electron chi connectivity index (χ0n) is 16.8. The zero-order chi connectivity index (χ0) is 22.6. The molecule has 3 aromatic rings. The van der Waals surface area contributed by atoms with E-state index in [2.05, 4.69) is 10.0 Å². The van der Waals surface area contributed by atoms with Crippen LogP contribution in [0.4, 0.5) is 11.4 Å². The van der Waals surface area contributed by atoms with Crippen molar-refractivity contribution in [3.05, 3.63) is 81.8 Å². The molecule has 2 N–H and O–H groups in total. The number of sulfonamides is 1. The minimum atomic E-state index is -3.83. The van der Waals surface area contributed by atoms with E-state index in [0.29, 0.717) is 16.4 Å². The Hall–Kier alpha value is -2.74. The quantitative estimate of drug-likeness (QED) is 0.474. The molecular weight excluding hydrogens is 459 g/mol. The summed E-state index contributed by atoms with van der Waals surface area (Å²) >= 11 is 12.2. The topological polar surface area (TPSA) is 84.5 Å². The van der Waals surface area contributed by atoms with Gasteiger partial charge in [0.1, 0.15) is 5.75 Å². The van der Waals surface area contributed by atoms with Crippen LogP contribution in [-0.2, 0) is 14.8 Å². The molecule has 0 spiro atoms. The van der Waals surface area contributed by atoms with Gasteiger partial charge in [0, 0.05) is 16.4 Å². The van der Waals surface area contributed by atoms with Gasteiger partial charge < -0.3 is 10.1 Å². The van der Waals surface area contributed by atoms with Crippen molar-refractivity contribution in [2.24, 2.45) is 0 Å². The first-order chi connectivity index (χ1) is 14.6. The van der Waals surface area contributed by atoms with E-state index in [0.717, 1.165) is 11.1 Å². The maximum Gasteiger partial charge on any atom is 0.262 e. The summed E-state index contributed by atoms with van der Waals surface area (Å²) in [7, 11) is -3.83. The molecule has 0 bridgehead atoms. The molecule has 0 heterocycles. The number of ether oxygens (including phenoxy) is 1. The monoisotopic (exact) mass is 478 g/mol. The largest absolute Gasteiger partial charge is 0.482 e. The van der Waals surface area contributed by atoms with E-state index in [1.165, 1.54) is 18.2 Å². The maximum absolute atomic E-state index is 12.6. The minimum Gasteiger partial charge on any atom is -0.482 e. The number of halogens is 2. The van der Waals surface area contributed by atoms with Gasteiger partial charge in [-0.3, -0.25) is 9.52 Å². The average Bonchev–Trinajstić information content (AvgIpc) is 2.71. The van der Waals surface area contributed by atoms with Crippen molar-refractivity contribution in [1.82, 2.24) is 0 Å². The third-order valence-electron chi connectivity index (χ3n) is 4.33. The lowest BCUT2D eigenvalue weighted by atomic mass is 10.2. The lowest BCUT2D eigenvalue weighted by molar-refractivity contribution is -0.118. The van der Waals surface area contributed by atoms with Crippen LogP contribution in [0, 0.1) is 13.8 Å². The summed E-state index contributed by atoms with van der Waals surface area (Å²) in [6, 6.07) is 16.1. The highest BCUT2D eigenvalue weighted by Crippen LogP contribution is 2.28. The summed E-state index contributed by atoms with van der Waals surface area (Å²) in [5.74, 6) is -0.221. The summed E-state index contributed by atoms with van der Waals surface area (Å²) in [5.41, 5.74) is 2.89. The van der Waals surface area contributed by atoms with Crippen LogP contribution < -0.4 is 14.8 Å². The molecule has 0 fully saturated rings. The van der Waals surface area contributed by atoms with Crippen LogP contribution >= 0.6 is 23.2 Å². The Morgan fingerprint density at radius 2 is 1.58 bits per heavy atom. The molecule has 0 unspecified atom stereocenters. The second-order valence-corrected chi connectivity index (χ2v) is 9.36. The van der Waals surface area contributed by atoms with Crippen LogP contribution in [0.2, 0.25) is 10.0 Å². The molecular formula is C22H20Cl2N2O4S. The van der Waals surface area contributed by atoms with Gasteiger partial charge in [-0.15, -0.1) is 0 Å². The molecule has 0 aliphatic rings. The number of carbonyl (C=O) groups is 1. The van der Waals surface area contributed by atoms with Crippen molar-refractivity contribution < 1.29 is 17.9 Å². The van der Waals surface area contributed by atoms with Gasteiger partial charge in [-0.25, -0.2) is 8.42 Å². The van der Waals surface area contributed by atoms with Gasteiger partial charge in [-0.05, 0) is 61.9 Å². The van der Waals surface area contributed by atoms with Gasteiger partial charge in [-0.2, -0.15) is 0 Å². The van der Waals surface area contributed by atoms with E-state index in [9.17, 15) is 13.2 Å². The number of nitrogens with one attached hydrogen (secondary N) is 2. The molecule has 9 heteroatoms. The molecule has 0 aliphatic heterocycles. The van der Waals surface area contributed by atoms with Crippen LogP contribution in [-0.4, -0.2) is 20.9 Å². The summed E-state index contributed by atoms with van der Waals surface area (Å²) < 4.78 is 33.1. The number of rotatable bonds is 7. The lowest BCUT2D eigenvalue weighted by Crippen LogP contribution is -2.20. The Morgan fingerprint density at radius 1 is 0.903 bits per heavy atom. The van der Waals surface area contributed by atoms with E-state index in [1.807, 2.05) is 13.8 Å². The Bertz CT molecular complexity index is 1210. The SMILES string of the molecule is Cc1ccc(NS(=O)(=O)c2ccc(OCC(=O)Nc3ccc(C)c(Cl)c3)c(Cl)c2)cc1. The molecule has 3 rings (SSSR count). The van der Waals surface area contributed by atoms with Crippen molar-refractivity contribution >= 4 is 50.5 Å². The molecule has 0 atom stereocenters. The molecule has 0 saturated carbocycles. The van der Waals surface area contributed by atoms with E-state index in [-0.39, 0.29) is 22.3 Å². The third kappa shape index (κ3) is 6.13. The molecule has 0 aliphatic carbocycles. The standard InChI is InChI=1S/C22H20Cl2N2O4S/c1-14-3-6-16(7-4-14)26-31(28,29)18-9-10-21(20(24)12-18)30-13-22(27)25-17-8-5-15(2)19(23)11-17/h3-12,26H,13H2,1-2H3,(H,25,27).